The Labute approximate surface area is 159 Å². The van der Waals surface area contributed by atoms with Crippen molar-refractivity contribution in [2.45, 2.75) is 27.0 Å². The molecule has 0 fully saturated rings. The smallest absolute Gasteiger partial charge is 0.285 e. The largest absolute Gasteiger partial charge is 0.496 e. The summed E-state index contributed by atoms with van der Waals surface area (Å²) in [6, 6.07) is 12.6. The number of benzene rings is 2. The zero-order valence-corrected chi connectivity index (χ0v) is 15.9. The number of carbonyl (C=O) groups excluding carboxylic acids is 2. The van der Waals surface area contributed by atoms with Crippen molar-refractivity contribution in [3.05, 3.63) is 64.7 Å². The van der Waals surface area contributed by atoms with E-state index in [1.807, 2.05) is 18.2 Å². The molecule has 2 aromatic rings. The molecular formula is C21H24N2O4. The summed E-state index contributed by atoms with van der Waals surface area (Å²) in [6.07, 6.45) is 0. The molecule has 1 aliphatic rings. The first-order chi connectivity index (χ1) is 13.1. The summed E-state index contributed by atoms with van der Waals surface area (Å²) in [7, 11) is 1.60. The molecular weight excluding hydrogens is 344 g/mol. The fourth-order valence-corrected chi connectivity index (χ4v) is 3.13. The quantitative estimate of drug-likeness (QED) is 0.670. The van der Waals surface area contributed by atoms with Gasteiger partial charge >= 0.3 is 0 Å². The first kappa shape index (κ1) is 19.1. The molecule has 1 aliphatic heterocycles. The van der Waals surface area contributed by atoms with Crippen LogP contribution in [-0.2, 0) is 18.0 Å². The predicted molar refractivity (Wildman–Crippen MR) is 101 cm³/mol. The van der Waals surface area contributed by atoms with Crippen molar-refractivity contribution in [2.24, 2.45) is 0 Å². The number of hydrogen-bond donors (Lipinski definition) is 0. The standard InChI is InChI=1S/C21H24N2O4/c1-4-22(5-2)13-15-10-11-16(19(12-15)26-3)14-27-23-20(24)17-8-6-7-9-18(17)21(23)25/h6-12H,4-5,13-14H2,1-3H3. The molecule has 1 heterocycles. The van der Waals surface area contributed by atoms with Crippen LogP contribution in [0.25, 0.3) is 0 Å². The van der Waals surface area contributed by atoms with Gasteiger partial charge in [0.1, 0.15) is 12.4 Å². The highest BCUT2D eigenvalue weighted by atomic mass is 16.7. The number of fused-ring (bicyclic) bond motifs is 1. The monoisotopic (exact) mass is 368 g/mol. The lowest BCUT2D eigenvalue weighted by Crippen LogP contribution is -2.29. The van der Waals surface area contributed by atoms with E-state index >= 15 is 0 Å². The van der Waals surface area contributed by atoms with Gasteiger partial charge in [0.25, 0.3) is 11.8 Å². The van der Waals surface area contributed by atoms with Crippen molar-refractivity contribution >= 4 is 11.8 Å². The third-order valence-electron chi connectivity index (χ3n) is 4.76. The topological polar surface area (TPSA) is 59.1 Å². The summed E-state index contributed by atoms with van der Waals surface area (Å²) in [6.45, 7) is 7.12. The Kier molecular flexibility index (Phi) is 5.88. The van der Waals surface area contributed by atoms with E-state index < -0.39 is 11.8 Å². The molecule has 3 rings (SSSR count). The summed E-state index contributed by atoms with van der Waals surface area (Å²) >= 11 is 0. The lowest BCUT2D eigenvalue weighted by Gasteiger charge is -2.19. The molecule has 0 saturated heterocycles. The highest BCUT2D eigenvalue weighted by Crippen LogP contribution is 2.26. The highest BCUT2D eigenvalue weighted by Gasteiger charge is 2.36. The SMILES string of the molecule is CCN(CC)Cc1ccc(CON2C(=O)c3ccccc3C2=O)c(OC)c1. The van der Waals surface area contributed by atoms with Gasteiger partial charge in [-0.3, -0.25) is 19.3 Å². The Balaban J connectivity index is 1.71. The molecule has 0 N–H and O–H groups in total. The summed E-state index contributed by atoms with van der Waals surface area (Å²) in [5.74, 6) is -0.197. The third kappa shape index (κ3) is 3.86. The van der Waals surface area contributed by atoms with E-state index in [1.165, 1.54) is 0 Å². The maximum absolute atomic E-state index is 12.4. The van der Waals surface area contributed by atoms with E-state index in [2.05, 4.69) is 18.7 Å². The van der Waals surface area contributed by atoms with Crippen LogP contribution in [0.4, 0.5) is 0 Å². The van der Waals surface area contributed by atoms with Crippen molar-refractivity contribution in [1.29, 1.82) is 0 Å². The zero-order chi connectivity index (χ0) is 19.4. The van der Waals surface area contributed by atoms with E-state index in [0.717, 1.165) is 35.8 Å². The number of hydroxylamine groups is 2. The van der Waals surface area contributed by atoms with E-state index in [9.17, 15) is 9.59 Å². The first-order valence-corrected chi connectivity index (χ1v) is 9.07. The third-order valence-corrected chi connectivity index (χ3v) is 4.76. The number of hydrogen-bond acceptors (Lipinski definition) is 5. The Morgan fingerprint density at radius 3 is 2.15 bits per heavy atom. The van der Waals surface area contributed by atoms with Crippen molar-refractivity contribution in [3.63, 3.8) is 0 Å². The molecule has 0 unspecified atom stereocenters. The number of carbonyl (C=O) groups is 2. The molecule has 0 aromatic heterocycles. The highest BCUT2D eigenvalue weighted by molar-refractivity contribution is 6.20. The lowest BCUT2D eigenvalue weighted by molar-refractivity contribution is -0.101. The van der Waals surface area contributed by atoms with Gasteiger partial charge in [-0.05, 0) is 36.9 Å². The molecule has 6 nitrogen and oxygen atoms in total. The van der Waals surface area contributed by atoms with E-state index in [1.54, 1.807) is 31.4 Å². The van der Waals surface area contributed by atoms with Crippen molar-refractivity contribution in [1.82, 2.24) is 9.96 Å². The number of ether oxygens (including phenoxy) is 1. The fraction of sp³-hybridized carbons (Fsp3) is 0.333. The molecule has 6 heteroatoms. The second-order valence-electron chi connectivity index (χ2n) is 6.33. The zero-order valence-electron chi connectivity index (χ0n) is 15.9. The Morgan fingerprint density at radius 1 is 0.963 bits per heavy atom. The Bertz CT molecular complexity index is 811. The molecule has 0 spiro atoms. The normalized spacial score (nSPS) is 13.4. The summed E-state index contributed by atoms with van der Waals surface area (Å²) in [5.41, 5.74) is 2.64. The minimum Gasteiger partial charge on any atom is -0.496 e. The van der Waals surface area contributed by atoms with Crippen molar-refractivity contribution in [3.8, 4) is 5.75 Å². The van der Waals surface area contributed by atoms with Crippen LogP contribution in [0.1, 0.15) is 45.7 Å². The van der Waals surface area contributed by atoms with Gasteiger partial charge in [0.2, 0.25) is 0 Å². The second kappa shape index (κ2) is 8.33. The van der Waals surface area contributed by atoms with E-state index in [-0.39, 0.29) is 6.61 Å². The number of methoxy groups -OCH3 is 1. The summed E-state index contributed by atoms with van der Waals surface area (Å²) in [5, 5.41) is 0.827. The molecule has 0 radical (unpaired) electrons. The summed E-state index contributed by atoms with van der Waals surface area (Å²) in [4.78, 5) is 32.6. The minimum absolute atomic E-state index is 0.0696. The van der Waals surface area contributed by atoms with E-state index in [0.29, 0.717) is 16.9 Å². The van der Waals surface area contributed by atoms with Gasteiger partial charge in [-0.25, -0.2) is 0 Å². The van der Waals surface area contributed by atoms with Crippen LogP contribution in [0.5, 0.6) is 5.75 Å². The molecule has 2 amide bonds. The van der Waals surface area contributed by atoms with Crippen LogP contribution in [0.3, 0.4) is 0 Å². The molecule has 0 bridgehead atoms. The molecule has 27 heavy (non-hydrogen) atoms. The number of rotatable bonds is 8. The average molecular weight is 368 g/mol. The second-order valence-corrected chi connectivity index (χ2v) is 6.33. The van der Waals surface area contributed by atoms with Gasteiger partial charge in [-0.2, -0.15) is 0 Å². The van der Waals surface area contributed by atoms with Crippen LogP contribution in [0.15, 0.2) is 42.5 Å². The molecule has 0 saturated carbocycles. The first-order valence-electron chi connectivity index (χ1n) is 9.07. The van der Waals surface area contributed by atoms with Gasteiger partial charge < -0.3 is 4.74 Å². The molecule has 2 aromatic carbocycles. The maximum Gasteiger partial charge on any atom is 0.285 e. The lowest BCUT2D eigenvalue weighted by atomic mass is 10.1. The van der Waals surface area contributed by atoms with Crippen LogP contribution in [0, 0.1) is 0 Å². The number of imide groups is 1. The van der Waals surface area contributed by atoms with Crippen LogP contribution in [0.2, 0.25) is 0 Å². The van der Waals surface area contributed by atoms with Crippen LogP contribution < -0.4 is 4.74 Å². The Morgan fingerprint density at radius 2 is 1.59 bits per heavy atom. The Hall–Kier alpha value is -2.70. The predicted octanol–water partition coefficient (Wildman–Crippen LogP) is 3.26. The summed E-state index contributed by atoms with van der Waals surface area (Å²) < 4.78 is 5.48. The molecule has 142 valence electrons. The van der Waals surface area contributed by atoms with Gasteiger partial charge in [0, 0.05) is 12.1 Å². The van der Waals surface area contributed by atoms with Gasteiger partial charge in [0.15, 0.2) is 0 Å². The fourth-order valence-electron chi connectivity index (χ4n) is 3.13. The number of amides is 2. The van der Waals surface area contributed by atoms with Gasteiger partial charge in [0.05, 0.1) is 18.2 Å². The molecule has 0 aliphatic carbocycles. The van der Waals surface area contributed by atoms with Crippen molar-refractivity contribution < 1.29 is 19.2 Å². The van der Waals surface area contributed by atoms with Crippen LogP contribution >= 0.6 is 0 Å². The number of nitrogens with zero attached hydrogens (tertiary/aromatic N) is 2. The van der Waals surface area contributed by atoms with Gasteiger partial charge in [-0.1, -0.05) is 38.1 Å². The van der Waals surface area contributed by atoms with Crippen LogP contribution in [-0.4, -0.2) is 42.0 Å². The minimum atomic E-state index is -0.437. The van der Waals surface area contributed by atoms with E-state index in [4.69, 9.17) is 9.57 Å². The maximum atomic E-state index is 12.4. The van der Waals surface area contributed by atoms with Crippen molar-refractivity contribution in [2.75, 3.05) is 20.2 Å². The van der Waals surface area contributed by atoms with Gasteiger partial charge in [-0.15, -0.1) is 5.06 Å². The molecule has 0 atom stereocenters. The average Bonchev–Trinajstić information content (AvgIpc) is 2.95.